The second kappa shape index (κ2) is 6.25. The van der Waals surface area contributed by atoms with Crippen LogP contribution in [0, 0.1) is 13.8 Å². The van der Waals surface area contributed by atoms with Crippen LogP contribution in [-0.4, -0.2) is 32.3 Å². The van der Waals surface area contributed by atoms with Gasteiger partial charge in [0.15, 0.2) is 5.82 Å². The lowest BCUT2D eigenvalue weighted by Gasteiger charge is -2.12. The summed E-state index contributed by atoms with van der Waals surface area (Å²) in [5.41, 5.74) is 4.65. The molecule has 2 aromatic heterocycles. The Morgan fingerprint density at radius 3 is 2.81 bits per heavy atom. The summed E-state index contributed by atoms with van der Waals surface area (Å²) in [5.74, 6) is 1.04. The molecule has 1 aliphatic heterocycles. The van der Waals surface area contributed by atoms with Crippen LogP contribution >= 0.6 is 0 Å². The minimum atomic E-state index is -0.331. The van der Waals surface area contributed by atoms with E-state index in [9.17, 15) is 4.79 Å². The predicted octanol–water partition coefficient (Wildman–Crippen LogP) is 2.61. The molecule has 0 spiro atoms. The van der Waals surface area contributed by atoms with Gasteiger partial charge in [0.1, 0.15) is 24.6 Å². The topological polar surface area (TPSA) is 81.9 Å². The van der Waals surface area contributed by atoms with E-state index >= 15 is 0 Å². The average molecular weight is 349 g/mol. The van der Waals surface area contributed by atoms with E-state index in [1.807, 2.05) is 39.1 Å². The number of rotatable bonds is 3. The normalized spacial score (nSPS) is 15.4. The highest BCUT2D eigenvalue weighted by molar-refractivity contribution is 5.97. The van der Waals surface area contributed by atoms with Gasteiger partial charge in [-0.1, -0.05) is 6.07 Å². The lowest BCUT2D eigenvalue weighted by atomic mass is 9.96. The molecule has 132 valence electrons. The van der Waals surface area contributed by atoms with Crippen LogP contribution in [0.5, 0.6) is 5.75 Å². The molecule has 3 heterocycles. The quantitative estimate of drug-likeness (QED) is 0.786. The number of hydrogen-bond acceptors (Lipinski definition) is 5. The highest BCUT2D eigenvalue weighted by Gasteiger charge is 2.31. The van der Waals surface area contributed by atoms with Crippen LogP contribution < -0.4 is 10.1 Å². The molecular weight excluding hydrogens is 330 g/mol. The molecule has 0 unspecified atom stereocenters. The fourth-order valence-corrected chi connectivity index (χ4v) is 3.09. The van der Waals surface area contributed by atoms with Crippen molar-refractivity contribution in [3.63, 3.8) is 0 Å². The van der Waals surface area contributed by atoms with E-state index in [4.69, 9.17) is 4.74 Å². The van der Waals surface area contributed by atoms with Gasteiger partial charge in [0.05, 0.1) is 11.9 Å². The standard InChI is InChI=1S/C19H19N5O2/c1-11-4-15-16(9-26-17(15)5-12(11)2)19(25)22-14-6-13(7-20-8-14)18-23-21-10-24(18)3/h4-8,10,16H,9H2,1-3H3,(H,22,25)/t16-/m1/s1. The van der Waals surface area contributed by atoms with Gasteiger partial charge in [-0.15, -0.1) is 10.2 Å². The summed E-state index contributed by atoms with van der Waals surface area (Å²) in [6.45, 7) is 4.42. The van der Waals surface area contributed by atoms with Crippen molar-refractivity contribution in [2.45, 2.75) is 19.8 Å². The summed E-state index contributed by atoms with van der Waals surface area (Å²) in [5, 5.41) is 10.9. The number of aromatic nitrogens is 4. The summed E-state index contributed by atoms with van der Waals surface area (Å²) in [4.78, 5) is 17.0. The van der Waals surface area contributed by atoms with Crippen molar-refractivity contribution in [3.8, 4) is 17.1 Å². The van der Waals surface area contributed by atoms with Crippen molar-refractivity contribution in [2.75, 3.05) is 11.9 Å². The number of ether oxygens (including phenoxy) is 1. The van der Waals surface area contributed by atoms with Crippen LogP contribution in [0.25, 0.3) is 11.4 Å². The van der Waals surface area contributed by atoms with Gasteiger partial charge in [-0.25, -0.2) is 0 Å². The largest absolute Gasteiger partial charge is 0.492 e. The Balaban J connectivity index is 1.57. The van der Waals surface area contributed by atoms with E-state index < -0.39 is 0 Å². The Bertz CT molecular complexity index is 995. The van der Waals surface area contributed by atoms with E-state index in [2.05, 4.69) is 20.5 Å². The highest BCUT2D eigenvalue weighted by Crippen LogP contribution is 2.36. The van der Waals surface area contributed by atoms with E-state index in [0.29, 0.717) is 18.1 Å². The first-order valence-electron chi connectivity index (χ1n) is 8.37. The number of hydrogen-bond donors (Lipinski definition) is 1. The molecule has 7 nitrogen and oxygen atoms in total. The summed E-state index contributed by atoms with van der Waals surface area (Å²) in [7, 11) is 1.86. The average Bonchev–Trinajstić information content (AvgIpc) is 3.22. The zero-order valence-corrected chi connectivity index (χ0v) is 14.9. The Hall–Kier alpha value is -3.22. The maximum absolute atomic E-state index is 12.8. The zero-order valence-electron chi connectivity index (χ0n) is 14.9. The third-order valence-electron chi connectivity index (χ3n) is 4.70. The van der Waals surface area contributed by atoms with E-state index in [1.54, 1.807) is 23.3 Å². The smallest absolute Gasteiger partial charge is 0.235 e. The van der Waals surface area contributed by atoms with Crippen LogP contribution in [0.15, 0.2) is 36.9 Å². The summed E-state index contributed by atoms with van der Waals surface area (Å²) in [6.07, 6.45) is 4.94. The SMILES string of the molecule is Cc1cc2c(cc1C)[C@H](C(=O)Nc1cncc(-c3nncn3C)c1)CO2. The number of anilines is 1. The molecule has 1 aliphatic rings. The number of nitrogens with zero attached hydrogens (tertiary/aromatic N) is 4. The Morgan fingerprint density at radius 1 is 1.23 bits per heavy atom. The van der Waals surface area contributed by atoms with E-state index in [1.165, 1.54) is 0 Å². The first-order valence-corrected chi connectivity index (χ1v) is 8.37. The Morgan fingerprint density at radius 2 is 2.04 bits per heavy atom. The van der Waals surface area contributed by atoms with Gasteiger partial charge in [-0.2, -0.15) is 0 Å². The molecule has 0 saturated carbocycles. The number of carbonyl (C=O) groups excluding carboxylic acids is 1. The number of pyridine rings is 1. The summed E-state index contributed by atoms with van der Waals surface area (Å²) < 4.78 is 7.51. The van der Waals surface area contributed by atoms with Crippen LogP contribution in [0.4, 0.5) is 5.69 Å². The summed E-state index contributed by atoms with van der Waals surface area (Å²) >= 11 is 0. The summed E-state index contributed by atoms with van der Waals surface area (Å²) in [6, 6.07) is 5.87. The number of nitrogens with one attached hydrogen (secondary N) is 1. The molecular formula is C19H19N5O2. The molecule has 1 N–H and O–H groups in total. The number of fused-ring (bicyclic) bond motifs is 1. The van der Waals surface area contributed by atoms with Gasteiger partial charge in [0, 0.05) is 24.4 Å². The number of aryl methyl sites for hydroxylation is 3. The lowest BCUT2D eigenvalue weighted by Crippen LogP contribution is -2.22. The van der Waals surface area contributed by atoms with Crippen molar-refractivity contribution < 1.29 is 9.53 Å². The van der Waals surface area contributed by atoms with Crippen molar-refractivity contribution in [1.29, 1.82) is 0 Å². The van der Waals surface area contributed by atoms with Crippen molar-refractivity contribution in [3.05, 3.63) is 53.6 Å². The minimum Gasteiger partial charge on any atom is -0.492 e. The second-order valence-electron chi connectivity index (χ2n) is 6.55. The molecule has 0 aliphatic carbocycles. The molecule has 1 atom stereocenters. The number of benzene rings is 1. The number of carbonyl (C=O) groups is 1. The van der Waals surface area contributed by atoms with Gasteiger partial charge >= 0.3 is 0 Å². The fraction of sp³-hybridized carbons (Fsp3) is 0.263. The first-order chi connectivity index (χ1) is 12.5. The third kappa shape index (κ3) is 2.81. The minimum absolute atomic E-state index is 0.107. The molecule has 0 bridgehead atoms. The molecule has 7 heteroatoms. The van der Waals surface area contributed by atoms with Crippen LogP contribution in [0.1, 0.15) is 22.6 Å². The van der Waals surface area contributed by atoms with Gasteiger partial charge in [-0.05, 0) is 37.1 Å². The first kappa shape index (κ1) is 16.3. The third-order valence-corrected chi connectivity index (χ3v) is 4.70. The van der Waals surface area contributed by atoms with E-state index in [-0.39, 0.29) is 11.8 Å². The molecule has 0 fully saturated rings. The van der Waals surface area contributed by atoms with Crippen molar-refractivity contribution in [2.24, 2.45) is 7.05 Å². The Kier molecular flexibility index (Phi) is 3.91. The number of amides is 1. The van der Waals surface area contributed by atoms with Gasteiger partial charge in [0.25, 0.3) is 0 Å². The fourth-order valence-electron chi connectivity index (χ4n) is 3.09. The van der Waals surface area contributed by atoms with Gasteiger partial charge in [-0.3, -0.25) is 9.78 Å². The molecule has 1 amide bonds. The Labute approximate surface area is 151 Å². The predicted molar refractivity (Wildman–Crippen MR) is 97.0 cm³/mol. The van der Waals surface area contributed by atoms with Crippen molar-refractivity contribution >= 4 is 11.6 Å². The van der Waals surface area contributed by atoms with Gasteiger partial charge < -0.3 is 14.6 Å². The van der Waals surface area contributed by atoms with Crippen LogP contribution in [0.2, 0.25) is 0 Å². The van der Waals surface area contributed by atoms with Crippen LogP contribution in [0.3, 0.4) is 0 Å². The molecule has 4 rings (SSSR count). The van der Waals surface area contributed by atoms with Gasteiger partial charge in [0.2, 0.25) is 5.91 Å². The van der Waals surface area contributed by atoms with Crippen molar-refractivity contribution in [1.82, 2.24) is 19.7 Å². The highest BCUT2D eigenvalue weighted by atomic mass is 16.5. The second-order valence-corrected chi connectivity index (χ2v) is 6.55. The molecule has 26 heavy (non-hydrogen) atoms. The monoisotopic (exact) mass is 349 g/mol. The molecule has 0 radical (unpaired) electrons. The maximum Gasteiger partial charge on any atom is 0.235 e. The molecule has 1 aromatic carbocycles. The zero-order chi connectivity index (χ0) is 18.3. The van der Waals surface area contributed by atoms with E-state index in [0.717, 1.165) is 28.0 Å². The maximum atomic E-state index is 12.8. The molecule has 0 saturated heterocycles. The van der Waals surface area contributed by atoms with Crippen LogP contribution in [-0.2, 0) is 11.8 Å². The lowest BCUT2D eigenvalue weighted by molar-refractivity contribution is -0.117. The molecule has 3 aromatic rings.